The number of benzene rings is 1. The summed E-state index contributed by atoms with van der Waals surface area (Å²) in [5.41, 5.74) is 2.25. The molecule has 1 amide bonds. The number of aromatic nitrogens is 1. The van der Waals surface area contributed by atoms with Crippen molar-refractivity contribution in [3.63, 3.8) is 0 Å². The Hall–Kier alpha value is -3.09. The van der Waals surface area contributed by atoms with Crippen molar-refractivity contribution in [2.75, 3.05) is 27.2 Å². The number of nitrogens with zero attached hydrogens (tertiary/aromatic N) is 4. The van der Waals surface area contributed by atoms with E-state index in [-0.39, 0.29) is 6.09 Å². The van der Waals surface area contributed by atoms with Gasteiger partial charge < -0.3 is 23.8 Å². The molecule has 9 heteroatoms. The Morgan fingerprint density at radius 2 is 2.00 bits per heavy atom. The van der Waals surface area contributed by atoms with Crippen LogP contribution in [0.5, 0.6) is 5.75 Å². The summed E-state index contributed by atoms with van der Waals surface area (Å²) in [4.78, 5) is 20.7. The molecule has 0 spiro atoms. The molecule has 3 heterocycles. The summed E-state index contributed by atoms with van der Waals surface area (Å²) in [5.74, 6) is 1.32. The number of thiophene rings is 1. The third kappa shape index (κ3) is 7.02. The lowest BCUT2D eigenvalue weighted by atomic mass is 9.91. The fourth-order valence-electron chi connectivity index (χ4n) is 4.60. The molecular formula is C28H36N4O4S. The average molecular weight is 525 g/mol. The van der Waals surface area contributed by atoms with Gasteiger partial charge in [-0.1, -0.05) is 11.2 Å². The molecule has 3 aromatic rings. The van der Waals surface area contributed by atoms with Crippen LogP contribution in [0.2, 0.25) is 0 Å². The molecule has 0 saturated carbocycles. The first kappa shape index (κ1) is 27.0. The molecule has 1 saturated heterocycles. The van der Waals surface area contributed by atoms with Gasteiger partial charge in [-0.3, -0.25) is 0 Å². The highest BCUT2D eigenvalue weighted by molar-refractivity contribution is 7.16. The molecule has 0 N–H and O–H groups in total. The van der Waals surface area contributed by atoms with Crippen molar-refractivity contribution in [2.24, 2.45) is 5.92 Å². The zero-order valence-corrected chi connectivity index (χ0v) is 23.2. The summed E-state index contributed by atoms with van der Waals surface area (Å²) in [6, 6.07) is 7.81. The van der Waals surface area contributed by atoms with Crippen LogP contribution >= 0.6 is 11.3 Å². The number of hydrogen-bond acceptors (Lipinski definition) is 7. The number of aryl methyl sites for hydroxylation is 1. The van der Waals surface area contributed by atoms with Crippen LogP contribution in [0.15, 0.2) is 28.8 Å². The van der Waals surface area contributed by atoms with E-state index in [0.717, 1.165) is 71.6 Å². The summed E-state index contributed by atoms with van der Waals surface area (Å²) in [6.45, 7) is 15.4. The Bertz CT molecular complexity index is 1260. The molecule has 0 radical (unpaired) electrons. The largest absolute Gasteiger partial charge is 0.488 e. The van der Waals surface area contributed by atoms with Crippen LogP contribution in [0.4, 0.5) is 9.80 Å². The number of amides is 1. The molecule has 1 aromatic carbocycles. The van der Waals surface area contributed by atoms with E-state index in [2.05, 4.69) is 14.9 Å². The molecule has 0 atom stereocenters. The van der Waals surface area contributed by atoms with E-state index in [4.69, 9.17) is 20.6 Å². The van der Waals surface area contributed by atoms with Gasteiger partial charge in [0.1, 0.15) is 18.0 Å². The van der Waals surface area contributed by atoms with Gasteiger partial charge in [0.25, 0.3) is 0 Å². The molecular weight excluding hydrogens is 488 g/mol. The number of carbonyl (C=O) groups excluding carboxylic acids is 1. The summed E-state index contributed by atoms with van der Waals surface area (Å²) in [7, 11) is 4.04. The zero-order valence-electron chi connectivity index (χ0n) is 22.4. The molecule has 2 aromatic heterocycles. The Balaban J connectivity index is 1.40. The minimum absolute atomic E-state index is 0.217. The first-order chi connectivity index (χ1) is 17.6. The lowest BCUT2D eigenvalue weighted by Crippen LogP contribution is -2.41. The molecule has 0 aliphatic carbocycles. The summed E-state index contributed by atoms with van der Waals surface area (Å²) < 4.78 is 17.5. The number of carbonyl (C=O) groups is 1. The van der Waals surface area contributed by atoms with E-state index in [0.29, 0.717) is 24.1 Å². The van der Waals surface area contributed by atoms with Gasteiger partial charge in [0, 0.05) is 29.9 Å². The molecule has 1 aliphatic heterocycles. The lowest BCUT2D eigenvalue weighted by Gasteiger charge is -2.33. The van der Waals surface area contributed by atoms with Gasteiger partial charge in [-0.05, 0) is 84.7 Å². The van der Waals surface area contributed by atoms with E-state index >= 15 is 0 Å². The van der Waals surface area contributed by atoms with E-state index in [1.807, 2.05) is 64.0 Å². The predicted molar refractivity (Wildman–Crippen MR) is 145 cm³/mol. The molecule has 37 heavy (non-hydrogen) atoms. The number of fused-ring (bicyclic) bond motifs is 1. The SMILES string of the molecule is [C-]#[N+]c1ccc(COc2ccc3c(CCC4CCN(C(=O)OC(C)(C)C)CC4)noc3c2CN(C)C)s1. The van der Waals surface area contributed by atoms with E-state index in [1.165, 1.54) is 11.3 Å². The van der Waals surface area contributed by atoms with Crippen molar-refractivity contribution >= 4 is 33.4 Å². The van der Waals surface area contributed by atoms with Crippen LogP contribution in [0, 0.1) is 12.5 Å². The van der Waals surface area contributed by atoms with Crippen molar-refractivity contribution in [3.05, 3.63) is 51.8 Å². The molecule has 0 bridgehead atoms. The van der Waals surface area contributed by atoms with E-state index in [9.17, 15) is 4.79 Å². The Morgan fingerprint density at radius 1 is 1.24 bits per heavy atom. The number of ether oxygens (including phenoxy) is 2. The Morgan fingerprint density at radius 3 is 2.65 bits per heavy atom. The maximum Gasteiger partial charge on any atom is 0.410 e. The Kier molecular flexibility index (Phi) is 8.40. The van der Waals surface area contributed by atoms with Crippen LogP contribution in [0.3, 0.4) is 0 Å². The van der Waals surface area contributed by atoms with Crippen LogP contribution < -0.4 is 4.74 Å². The fourth-order valence-corrected chi connectivity index (χ4v) is 5.30. The second kappa shape index (κ2) is 11.5. The van der Waals surface area contributed by atoms with Crippen LogP contribution in [-0.2, 0) is 24.3 Å². The highest BCUT2D eigenvalue weighted by atomic mass is 32.1. The minimum atomic E-state index is -0.468. The topological polar surface area (TPSA) is 72.4 Å². The quantitative estimate of drug-likeness (QED) is 0.307. The first-order valence-electron chi connectivity index (χ1n) is 12.7. The van der Waals surface area contributed by atoms with E-state index < -0.39 is 5.60 Å². The van der Waals surface area contributed by atoms with Crippen molar-refractivity contribution in [3.8, 4) is 5.75 Å². The second-order valence-corrected chi connectivity index (χ2v) is 12.0. The summed E-state index contributed by atoms with van der Waals surface area (Å²) in [5, 5.41) is 6.13. The zero-order chi connectivity index (χ0) is 26.6. The average Bonchev–Trinajstić information content (AvgIpc) is 3.48. The van der Waals surface area contributed by atoms with Crippen molar-refractivity contribution in [1.82, 2.24) is 15.0 Å². The Labute approximate surface area is 222 Å². The molecule has 0 unspecified atom stereocenters. The van der Waals surface area contributed by atoms with Gasteiger partial charge >= 0.3 is 6.09 Å². The number of piperidine rings is 1. The summed E-state index contributed by atoms with van der Waals surface area (Å²) >= 11 is 1.45. The van der Waals surface area contributed by atoms with Gasteiger partial charge in [-0.15, -0.1) is 0 Å². The van der Waals surface area contributed by atoms with Crippen LogP contribution in [0.25, 0.3) is 15.8 Å². The highest BCUT2D eigenvalue weighted by Gasteiger charge is 2.27. The molecule has 198 valence electrons. The fraction of sp³-hybridized carbons (Fsp3) is 0.536. The van der Waals surface area contributed by atoms with Gasteiger partial charge in [-0.2, -0.15) is 11.3 Å². The van der Waals surface area contributed by atoms with Crippen LogP contribution in [0.1, 0.15) is 56.2 Å². The normalized spacial score (nSPS) is 14.8. The highest BCUT2D eigenvalue weighted by Crippen LogP contribution is 2.34. The number of likely N-dealkylation sites (tertiary alicyclic amines) is 1. The lowest BCUT2D eigenvalue weighted by molar-refractivity contribution is 0.0181. The van der Waals surface area contributed by atoms with E-state index in [1.54, 1.807) is 0 Å². The molecule has 1 fully saturated rings. The molecule has 1 aliphatic rings. The van der Waals surface area contributed by atoms with Crippen molar-refractivity contribution < 1.29 is 18.8 Å². The maximum absolute atomic E-state index is 12.3. The van der Waals surface area contributed by atoms with Gasteiger partial charge in [-0.25, -0.2) is 9.64 Å². The molecule has 4 rings (SSSR count). The monoisotopic (exact) mass is 524 g/mol. The van der Waals surface area contributed by atoms with Crippen LogP contribution in [-0.4, -0.2) is 53.8 Å². The third-order valence-electron chi connectivity index (χ3n) is 6.43. The predicted octanol–water partition coefficient (Wildman–Crippen LogP) is 6.66. The molecule has 8 nitrogen and oxygen atoms in total. The number of hydrogen-bond donors (Lipinski definition) is 0. The summed E-state index contributed by atoms with van der Waals surface area (Å²) in [6.07, 6.45) is 3.56. The number of rotatable bonds is 8. The van der Waals surface area contributed by atoms with Gasteiger partial charge in [0.05, 0.1) is 17.8 Å². The maximum atomic E-state index is 12.3. The first-order valence-corrected chi connectivity index (χ1v) is 13.6. The van der Waals surface area contributed by atoms with Gasteiger partial charge in [0.2, 0.25) is 5.00 Å². The standard InChI is InChI=1S/C28H36N4O4S/c1-28(2,3)35-27(33)32-15-13-19(14-16-32)7-10-23-21-9-11-24(22(17-31(5)6)26(21)36-30-23)34-18-20-8-12-25(29-4)37-20/h8-9,11-12,19H,7,10,13-18H2,1-3,5-6H3. The third-order valence-corrected chi connectivity index (χ3v) is 7.39. The smallest absolute Gasteiger partial charge is 0.410 e. The second-order valence-electron chi connectivity index (χ2n) is 10.9. The van der Waals surface area contributed by atoms with Crippen molar-refractivity contribution in [1.29, 1.82) is 0 Å². The van der Waals surface area contributed by atoms with Gasteiger partial charge in [0.15, 0.2) is 5.58 Å². The minimum Gasteiger partial charge on any atom is -0.488 e. The van der Waals surface area contributed by atoms with Crippen molar-refractivity contribution in [2.45, 2.75) is 65.2 Å².